The number of H-pyrrole nitrogens is 1. The first-order valence-corrected chi connectivity index (χ1v) is 11.4. The molecule has 1 fully saturated rings. The zero-order valence-corrected chi connectivity index (χ0v) is 18.9. The Morgan fingerprint density at radius 3 is 2.62 bits per heavy atom. The van der Waals surface area contributed by atoms with E-state index in [2.05, 4.69) is 15.3 Å². The van der Waals surface area contributed by atoms with Crippen molar-refractivity contribution in [2.75, 3.05) is 5.32 Å². The second kappa shape index (κ2) is 9.19. The summed E-state index contributed by atoms with van der Waals surface area (Å²) in [4.78, 5) is 32.2. The number of halogens is 1. The summed E-state index contributed by atoms with van der Waals surface area (Å²) in [6.45, 7) is 0. The van der Waals surface area contributed by atoms with Gasteiger partial charge in [-0.15, -0.1) is 0 Å². The summed E-state index contributed by atoms with van der Waals surface area (Å²) in [5.41, 5.74) is 2.11. The topological polar surface area (TPSA) is 104 Å². The number of nitrogens with zero attached hydrogens (tertiary/aromatic N) is 1. The number of nitrogens with one attached hydrogen (secondary N) is 2. The van der Waals surface area contributed by atoms with E-state index in [0.29, 0.717) is 46.5 Å². The molecule has 3 N–H and O–H groups in total. The fourth-order valence-corrected chi connectivity index (χ4v) is 4.68. The predicted molar refractivity (Wildman–Crippen MR) is 130 cm³/mol. The number of hydrogen-bond donors (Lipinski definition) is 3. The van der Waals surface area contributed by atoms with Crippen LogP contribution in [0.25, 0.3) is 11.0 Å². The van der Waals surface area contributed by atoms with Crippen LogP contribution in [0, 0.1) is 5.92 Å². The van der Waals surface area contributed by atoms with E-state index in [9.17, 15) is 14.7 Å². The molecule has 8 heteroatoms. The third kappa shape index (κ3) is 4.34. The molecule has 0 saturated heterocycles. The Morgan fingerprint density at radius 1 is 1.06 bits per heavy atom. The molecule has 1 aliphatic rings. The molecule has 2 atom stereocenters. The van der Waals surface area contributed by atoms with Crippen molar-refractivity contribution in [2.45, 2.75) is 25.3 Å². The van der Waals surface area contributed by atoms with Crippen LogP contribution < -0.4 is 10.1 Å². The van der Waals surface area contributed by atoms with Gasteiger partial charge in [-0.1, -0.05) is 29.8 Å². The molecule has 5 rings (SSSR count). The number of carbonyl (C=O) groups excluding carboxylic acids is 1. The van der Waals surface area contributed by atoms with Gasteiger partial charge in [-0.25, -0.2) is 4.98 Å². The first kappa shape index (κ1) is 22.0. The Morgan fingerprint density at radius 2 is 1.88 bits per heavy atom. The summed E-state index contributed by atoms with van der Waals surface area (Å²) >= 11 is 6.48. The third-order valence-corrected chi connectivity index (χ3v) is 6.44. The Bertz CT molecular complexity index is 1370. The zero-order valence-electron chi connectivity index (χ0n) is 18.1. The van der Waals surface area contributed by atoms with Gasteiger partial charge in [-0.2, -0.15) is 0 Å². The number of ketones is 1. The number of aliphatic carboxylic acids is 1. The van der Waals surface area contributed by atoms with Crippen LogP contribution in [0.1, 0.15) is 35.2 Å². The maximum atomic E-state index is 13.5. The van der Waals surface area contributed by atoms with Crippen LogP contribution in [0.15, 0.2) is 67.0 Å². The maximum Gasteiger partial charge on any atom is 0.306 e. The van der Waals surface area contributed by atoms with Crippen molar-refractivity contribution >= 4 is 40.1 Å². The lowest BCUT2D eigenvalue weighted by molar-refractivity contribution is -0.141. The molecule has 0 radical (unpaired) electrons. The van der Waals surface area contributed by atoms with E-state index in [1.807, 2.05) is 30.3 Å². The summed E-state index contributed by atoms with van der Waals surface area (Å²) in [7, 11) is 0. The molecule has 0 aliphatic heterocycles. The second-order valence-electron chi connectivity index (χ2n) is 8.36. The Balaban J connectivity index is 1.42. The van der Waals surface area contributed by atoms with Crippen LogP contribution in [-0.2, 0) is 4.79 Å². The van der Waals surface area contributed by atoms with E-state index in [0.717, 1.165) is 12.1 Å². The smallest absolute Gasteiger partial charge is 0.306 e. The number of para-hydroxylation sites is 1. The molecule has 0 bridgehead atoms. The van der Waals surface area contributed by atoms with Crippen LogP contribution in [0.2, 0.25) is 5.02 Å². The van der Waals surface area contributed by atoms with E-state index in [-0.39, 0.29) is 22.8 Å². The van der Waals surface area contributed by atoms with Gasteiger partial charge in [0.2, 0.25) is 0 Å². The summed E-state index contributed by atoms with van der Waals surface area (Å²) < 4.78 is 5.81. The van der Waals surface area contributed by atoms with E-state index in [1.54, 1.807) is 36.7 Å². The van der Waals surface area contributed by atoms with Crippen LogP contribution >= 0.6 is 11.6 Å². The lowest BCUT2D eigenvalue weighted by atomic mass is 10.0. The minimum atomic E-state index is -0.768. The summed E-state index contributed by atoms with van der Waals surface area (Å²) in [6.07, 6.45) is 5.21. The molecule has 2 unspecified atom stereocenters. The monoisotopic (exact) mass is 475 g/mol. The lowest BCUT2D eigenvalue weighted by Crippen LogP contribution is -2.18. The van der Waals surface area contributed by atoms with Crippen molar-refractivity contribution in [3.63, 3.8) is 0 Å². The number of rotatable bonds is 7. The average molecular weight is 476 g/mol. The molecule has 0 spiro atoms. The summed E-state index contributed by atoms with van der Waals surface area (Å²) in [5, 5.41) is 13.7. The number of ether oxygens (including phenoxy) is 1. The van der Waals surface area contributed by atoms with Crippen molar-refractivity contribution < 1.29 is 19.4 Å². The number of benzene rings is 2. The van der Waals surface area contributed by atoms with Crippen LogP contribution in [0.5, 0.6) is 11.5 Å². The molecule has 7 nitrogen and oxygen atoms in total. The van der Waals surface area contributed by atoms with Gasteiger partial charge < -0.3 is 20.1 Å². The van der Waals surface area contributed by atoms with Crippen LogP contribution in [0.4, 0.5) is 5.69 Å². The molecule has 1 saturated carbocycles. The van der Waals surface area contributed by atoms with Crippen LogP contribution in [-0.4, -0.2) is 32.9 Å². The normalized spacial score (nSPS) is 17.6. The van der Waals surface area contributed by atoms with Crippen LogP contribution in [0.3, 0.4) is 0 Å². The lowest BCUT2D eigenvalue weighted by Gasteiger charge is -2.15. The van der Waals surface area contributed by atoms with Gasteiger partial charge in [0.15, 0.2) is 5.78 Å². The number of carboxylic acid groups (broad SMARTS) is 1. The highest BCUT2D eigenvalue weighted by Crippen LogP contribution is 2.34. The van der Waals surface area contributed by atoms with Gasteiger partial charge in [0.05, 0.1) is 21.9 Å². The van der Waals surface area contributed by atoms with Gasteiger partial charge >= 0.3 is 5.97 Å². The van der Waals surface area contributed by atoms with Crippen molar-refractivity contribution in [3.05, 3.63) is 83.1 Å². The van der Waals surface area contributed by atoms with E-state index >= 15 is 0 Å². The third-order valence-electron chi connectivity index (χ3n) is 6.12. The number of aromatic nitrogens is 2. The number of carbonyl (C=O) groups is 2. The first-order valence-electron chi connectivity index (χ1n) is 11.0. The highest BCUT2D eigenvalue weighted by atomic mass is 35.5. The Kier molecular flexibility index (Phi) is 5.94. The quantitative estimate of drug-likeness (QED) is 0.287. The van der Waals surface area contributed by atoms with Crippen molar-refractivity contribution in [1.29, 1.82) is 0 Å². The summed E-state index contributed by atoms with van der Waals surface area (Å²) in [6, 6.07) is 16.1. The average Bonchev–Trinajstić information content (AvgIpc) is 3.47. The maximum absolute atomic E-state index is 13.5. The standard InChI is InChI=1S/C26H22ClN3O4/c27-21-13-18(34-17-4-2-1-3-5-17)8-9-19(21)24(31)20-14-29-25-23(20)22(10-11-28-25)30-16-7-6-15(12-16)26(32)33/h1-5,8-11,13-16H,6-7,12H2,(H,32,33)(H2,28,29,30). The van der Waals surface area contributed by atoms with E-state index in [1.165, 1.54) is 0 Å². The highest BCUT2D eigenvalue weighted by molar-refractivity contribution is 6.35. The molecule has 2 heterocycles. The zero-order chi connectivity index (χ0) is 23.7. The first-order chi connectivity index (χ1) is 16.5. The number of carboxylic acids is 1. The number of hydrogen-bond acceptors (Lipinski definition) is 5. The number of aromatic amines is 1. The minimum absolute atomic E-state index is 0.0163. The van der Waals surface area contributed by atoms with Gasteiger partial charge in [-0.05, 0) is 49.6 Å². The minimum Gasteiger partial charge on any atom is -0.481 e. The summed E-state index contributed by atoms with van der Waals surface area (Å²) in [5.74, 6) is -0.153. The fourth-order valence-electron chi connectivity index (χ4n) is 4.43. The van der Waals surface area contributed by atoms with Crippen molar-refractivity contribution in [3.8, 4) is 11.5 Å². The number of pyridine rings is 1. The second-order valence-corrected chi connectivity index (χ2v) is 8.77. The van der Waals surface area contributed by atoms with Gasteiger partial charge in [-0.3, -0.25) is 9.59 Å². The fraction of sp³-hybridized carbons (Fsp3) is 0.192. The number of fused-ring (bicyclic) bond motifs is 1. The molecule has 2 aromatic carbocycles. The number of anilines is 1. The van der Waals surface area contributed by atoms with E-state index in [4.69, 9.17) is 16.3 Å². The molecule has 34 heavy (non-hydrogen) atoms. The SMILES string of the molecule is O=C(c1ccc(Oc2ccccc2)cc1Cl)c1c[nH]c2nccc(NC3CCC(C(=O)O)C3)c12. The molecule has 2 aromatic heterocycles. The van der Waals surface area contributed by atoms with E-state index < -0.39 is 5.97 Å². The van der Waals surface area contributed by atoms with Crippen molar-refractivity contribution in [1.82, 2.24) is 9.97 Å². The predicted octanol–water partition coefficient (Wildman–Crippen LogP) is 5.90. The highest BCUT2D eigenvalue weighted by Gasteiger charge is 2.30. The molecule has 0 amide bonds. The molecular weight excluding hydrogens is 454 g/mol. The molecule has 4 aromatic rings. The molecular formula is C26H22ClN3O4. The Hall–Kier alpha value is -3.84. The van der Waals surface area contributed by atoms with Gasteiger partial charge in [0.1, 0.15) is 17.1 Å². The van der Waals surface area contributed by atoms with Gasteiger partial charge in [0.25, 0.3) is 0 Å². The van der Waals surface area contributed by atoms with Gasteiger partial charge in [0, 0.05) is 35.8 Å². The molecule has 172 valence electrons. The Labute approximate surface area is 200 Å². The van der Waals surface area contributed by atoms with Crippen molar-refractivity contribution in [2.24, 2.45) is 5.92 Å². The molecule has 1 aliphatic carbocycles. The largest absolute Gasteiger partial charge is 0.481 e.